The normalized spacial score (nSPS) is 14.9. The second-order valence-corrected chi connectivity index (χ2v) is 6.15. The monoisotopic (exact) mass is 282 g/mol. The fraction of sp³-hybridized carbons (Fsp3) is 0.600. The van der Waals surface area contributed by atoms with E-state index in [9.17, 15) is 0 Å². The van der Waals surface area contributed by atoms with Crippen LogP contribution in [-0.2, 0) is 5.75 Å². The van der Waals surface area contributed by atoms with Crippen molar-refractivity contribution in [3.8, 4) is 0 Å². The quantitative estimate of drug-likeness (QED) is 0.819. The second kappa shape index (κ2) is 5.23. The molecule has 2 aromatic rings. The lowest BCUT2D eigenvalue weighted by molar-refractivity contribution is 0.565. The van der Waals surface area contributed by atoms with Gasteiger partial charge in [0.25, 0.3) is 0 Å². The van der Waals surface area contributed by atoms with Gasteiger partial charge in [-0.1, -0.05) is 11.8 Å². The minimum atomic E-state index is 0.529. The van der Waals surface area contributed by atoms with E-state index in [2.05, 4.69) is 32.7 Å². The van der Waals surface area contributed by atoms with Gasteiger partial charge in [-0.3, -0.25) is 0 Å². The van der Waals surface area contributed by atoms with E-state index in [1.807, 2.05) is 10.9 Å². The molecule has 0 spiro atoms. The first-order chi connectivity index (χ1) is 8.86. The lowest BCUT2D eigenvalue weighted by atomic mass is 10.6. The number of thiazole rings is 1. The Morgan fingerprint density at radius 3 is 3.22 bits per heavy atom. The van der Waals surface area contributed by atoms with E-state index < -0.39 is 0 Å². The molecule has 0 amide bonds. The highest BCUT2D eigenvalue weighted by atomic mass is 32.2. The predicted octanol–water partition coefficient (Wildman–Crippen LogP) is 2.19. The highest BCUT2D eigenvalue weighted by molar-refractivity contribution is 7.98. The molecule has 0 bridgehead atoms. The van der Waals surface area contributed by atoms with Crippen molar-refractivity contribution in [3.05, 3.63) is 11.1 Å². The van der Waals surface area contributed by atoms with Gasteiger partial charge in [0.2, 0.25) is 5.16 Å². The van der Waals surface area contributed by atoms with Crippen LogP contribution in [0.3, 0.4) is 0 Å². The zero-order valence-corrected chi connectivity index (χ0v) is 11.7. The molecule has 1 aliphatic carbocycles. The Bertz CT molecular complexity index is 518. The van der Waals surface area contributed by atoms with Gasteiger partial charge in [-0.15, -0.1) is 16.4 Å². The number of thioether (sulfide) groups is 1. The summed E-state index contributed by atoms with van der Waals surface area (Å²) in [6.45, 7) is 2.97. The fourth-order valence-electron chi connectivity index (χ4n) is 1.57. The van der Waals surface area contributed by atoms with Crippen LogP contribution in [-0.4, -0.2) is 31.7 Å². The van der Waals surface area contributed by atoms with Crippen molar-refractivity contribution in [2.24, 2.45) is 0 Å². The first-order valence-electron chi connectivity index (χ1n) is 5.96. The van der Waals surface area contributed by atoms with Crippen molar-refractivity contribution in [1.82, 2.24) is 25.2 Å². The summed E-state index contributed by atoms with van der Waals surface area (Å²) in [4.78, 5) is 5.55. The van der Waals surface area contributed by atoms with Crippen molar-refractivity contribution in [2.75, 3.05) is 11.9 Å². The Labute approximate surface area is 113 Å². The van der Waals surface area contributed by atoms with Crippen LogP contribution >= 0.6 is 23.1 Å². The SMILES string of the molecule is CCNc1ncc(CSc2nnnn2C2CC2)s1. The summed E-state index contributed by atoms with van der Waals surface area (Å²) in [7, 11) is 0. The van der Waals surface area contributed by atoms with Crippen LogP contribution in [0.4, 0.5) is 5.13 Å². The zero-order valence-electron chi connectivity index (χ0n) is 10.0. The van der Waals surface area contributed by atoms with Crippen LogP contribution in [0.25, 0.3) is 0 Å². The average Bonchev–Trinajstić information content (AvgIpc) is 2.94. The van der Waals surface area contributed by atoms with Gasteiger partial charge in [-0.2, -0.15) is 0 Å². The first kappa shape index (κ1) is 11.9. The number of aromatic nitrogens is 5. The summed E-state index contributed by atoms with van der Waals surface area (Å²) >= 11 is 3.36. The summed E-state index contributed by atoms with van der Waals surface area (Å²) in [5.74, 6) is 0.871. The standard InChI is InChI=1S/C10H14N6S2/c1-2-11-9-12-5-8(18-9)6-17-10-13-14-15-16(10)7-3-4-7/h5,7H,2-4,6H2,1H3,(H,11,12). The van der Waals surface area contributed by atoms with Gasteiger partial charge in [-0.25, -0.2) is 9.67 Å². The van der Waals surface area contributed by atoms with Crippen molar-refractivity contribution in [3.63, 3.8) is 0 Å². The molecule has 0 aliphatic heterocycles. The minimum Gasteiger partial charge on any atom is -0.362 e. The summed E-state index contributed by atoms with van der Waals surface area (Å²) in [5, 5.41) is 17.0. The van der Waals surface area contributed by atoms with Crippen molar-refractivity contribution < 1.29 is 0 Å². The molecule has 0 radical (unpaired) electrons. The molecule has 1 fully saturated rings. The molecular formula is C10H14N6S2. The van der Waals surface area contributed by atoms with Crippen LogP contribution in [0.1, 0.15) is 30.7 Å². The van der Waals surface area contributed by atoms with E-state index in [1.165, 1.54) is 17.7 Å². The number of hydrogen-bond donors (Lipinski definition) is 1. The van der Waals surface area contributed by atoms with Gasteiger partial charge in [0.15, 0.2) is 5.13 Å². The summed E-state index contributed by atoms with van der Waals surface area (Å²) < 4.78 is 1.94. The molecular weight excluding hydrogens is 268 g/mol. The third-order valence-electron chi connectivity index (χ3n) is 2.58. The summed E-state index contributed by atoms with van der Waals surface area (Å²) in [6, 6.07) is 0.529. The van der Waals surface area contributed by atoms with Crippen LogP contribution in [0.15, 0.2) is 11.4 Å². The van der Waals surface area contributed by atoms with E-state index in [1.54, 1.807) is 23.1 Å². The lowest BCUT2D eigenvalue weighted by Gasteiger charge is -2.00. The predicted molar refractivity (Wildman–Crippen MR) is 71.9 cm³/mol. The van der Waals surface area contributed by atoms with Crippen LogP contribution < -0.4 is 5.32 Å². The van der Waals surface area contributed by atoms with E-state index in [-0.39, 0.29) is 0 Å². The fourth-order valence-corrected chi connectivity index (χ4v) is 3.42. The number of nitrogens with one attached hydrogen (secondary N) is 1. The number of rotatable bonds is 6. The molecule has 0 saturated heterocycles. The van der Waals surface area contributed by atoms with Crippen LogP contribution in [0.5, 0.6) is 0 Å². The molecule has 8 heteroatoms. The average molecular weight is 282 g/mol. The maximum atomic E-state index is 4.31. The van der Waals surface area contributed by atoms with E-state index in [0.29, 0.717) is 6.04 Å². The van der Waals surface area contributed by atoms with Crippen LogP contribution in [0.2, 0.25) is 0 Å². The maximum Gasteiger partial charge on any atom is 0.209 e. The van der Waals surface area contributed by atoms with Gasteiger partial charge in [0.05, 0.1) is 6.04 Å². The minimum absolute atomic E-state index is 0.529. The Balaban J connectivity index is 1.60. The second-order valence-electron chi connectivity index (χ2n) is 4.09. The van der Waals surface area contributed by atoms with Gasteiger partial charge < -0.3 is 5.32 Å². The third kappa shape index (κ3) is 2.64. The zero-order chi connectivity index (χ0) is 12.4. The van der Waals surface area contributed by atoms with Crippen LogP contribution in [0, 0.1) is 0 Å². The smallest absolute Gasteiger partial charge is 0.209 e. The molecule has 96 valence electrons. The highest BCUT2D eigenvalue weighted by Gasteiger charge is 2.27. The molecule has 1 saturated carbocycles. The molecule has 0 unspecified atom stereocenters. The van der Waals surface area contributed by atoms with Gasteiger partial charge >= 0.3 is 0 Å². The van der Waals surface area contributed by atoms with E-state index in [4.69, 9.17) is 0 Å². The van der Waals surface area contributed by atoms with Crippen molar-refractivity contribution in [2.45, 2.75) is 36.7 Å². The third-order valence-corrected chi connectivity index (χ3v) is 4.70. The maximum absolute atomic E-state index is 4.31. The number of anilines is 1. The molecule has 0 atom stereocenters. The number of tetrazole rings is 1. The Morgan fingerprint density at radius 2 is 2.44 bits per heavy atom. The Hall–Kier alpha value is -1.15. The van der Waals surface area contributed by atoms with E-state index >= 15 is 0 Å². The molecule has 0 aromatic carbocycles. The van der Waals surface area contributed by atoms with Gasteiger partial charge in [0, 0.05) is 23.4 Å². The highest BCUT2D eigenvalue weighted by Crippen LogP contribution is 2.37. The lowest BCUT2D eigenvalue weighted by Crippen LogP contribution is -1.98. The summed E-state index contributed by atoms with van der Waals surface area (Å²) in [6.07, 6.45) is 4.31. The van der Waals surface area contributed by atoms with E-state index in [0.717, 1.165) is 22.6 Å². The van der Waals surface area contributed by atoms with Crippen molar-refractivity contribution >= 4 is 28.2 Å². The topological polar surface area (TPSA) is 68.5 Å². The first-order valence-corrected chi connectivity index (χ1v) is 7.76. The molecule has 3 rings (SSSR count). The van der Waals surface area contributed by atoms with Gasteiger partial charge in [0.1, 0.15) is 0 Å². The number of nitrogens with zero attached hydrogens (tertiary/aromatic N) is 5. The largest absolute Gasteiger partial charge is 0.362 e. The Kier molecular flexibility index (Phi) is 3.46. The molecule has 1 aliphatic rings. The molecule has 6 nitrogen and oxygen atoms in total. The molecule has 1 N–H and O–H groups in total. The molecule has 2 aromatic heterocycles. The number of hydrogen-bond acceptors (Lipinski definition) is 7. The van der Waals surface area contributed by atoms with Gasteiger partial charge in [-0.05, 0) is 30.2 Å². The Morgan fingerprint density at radius 1 is 1.56 bits per heavy atom. The van der Waals surface area contributed by atoms with Crippen molar-refractivity contribution in [1.29, 1.82) is 0 Å². The molecule has 2 heterocycles. The summed E-state index contributed by atoms with van der Waals surface area (Å²) in [5.41, 5.74) is 0. The molecule has 18 heavy (non-hydrogen) atoms.